The van der Waals surface area contributed by atoms with Gasteiger partial charge in [0.1, 0.15) is 5.75 Å². The monoisotopic (exact) mass is 323 g/mol. The molecule has 3 N–H and O–H groups in total. The van der Waals surface area contributed by atoms with Crippen molar-refractivity contribution in [1.29, 1.82) is 5.26 Å². The van der Waals surface area contributed by atoms with Crippen molar-refractivity contribution >= 4 is 11.8 Å². The van der Waals surface area contributed by atoms with Crippen LogP contribution in [0.2, 0.25) is 0 Å². The lowest BCUT2D eigenvalue weighted by molar-refractivity contribution is -0.119. The largest absolute Gasteiger partial charge is 0.483 e. The number of nitrogens with one attached hydrogen (secondary N) is 1. The molecule has 6 nitrogen and oxygen atoms in total. The van der Waals surface area contributed by atoms with Crippen molar-refractivity contribution < 1.29 is 14.3 Å². The van der Waals surface area contributed by atoms with E-state index in [0.29, 0.717) is 22.4 Å². The number of carbonyl (C=O) groups excluding carboxylic acids is 2. The Hall–Kier alpha value is -3.33. The van der Waals surface area contributed by atoms with E-state index in [-0.39, 0.29) is 19.1 Å². The number of nitrogens with zero attached hydrogens (tertiary/aromatic N) is 1. The maximum Gasteiger partial charge on any atom is 0.255 e. The minimum Gasteiger partial charge on any atom is -0.483 e. The molecule has 2 aromatic carbocycles. The topological polar surface area (TPSA) is 105 Å². The van der Waals surface area contributed by atoms with Crippen molar-refractivity contribution in [1.82, 2.24) is 5.32 Å². The number of hydrogen-bond donors (Lipinski definition) is 2. The molecule has 122 valence electrons. The summed E-state index contributed by atoms with van der Waals surface area (Å²) in [5.41, 5.74) is 7.67. The van der Waals surface area contributed by atoms with Crippen LogP contribution in [0.3, 0.4) is 0 Å². The standard InChI is InChI=1S/C18H17N3O3/c1-12-3-2-4-14(7-12)18(23)21-10-15-6-5-13(9-19)8-16(15)24-11-17(20)22/h2-8H,10-11H2,1H3,(H2,20,22)(H,21,23). The SMILES string of the molecule is Cc1cccc(C(=O)NCc2ccc(C#N)cc2OCC(N)=O)c1. The maximum atomic E-state index is 12.2. The summed E-state index contributed by atoms with van der Waals surface area (Å²) in [4.78, 5) is 23.1. The third-order valence-electron chi connectivity index (χ3n) is 3.29. The van der Waals surface area contributed by atoms with Crippen LogP contribution in [0.15, 0.2) is 42.5 Å². The van der Waals surface area contributed by atoms with Crippen molar-refractivity contribution in [3.8, 4) is 11.8 Å². The van der Waals surface area contributed by atoms with E-state index in [1.807, 2.05) is 25.1 Å². The highest BCUT2D eigenvalue weighted by Crippen LogP contribution is 2.20. The Balaban J connectivity index is 2.12. The lowest BCUT2D eigenvalue weighted by Gasteiger charge is -2.12. The van der Waals surface area contributed by atoms with Gasteiger partial charge in [0, 0.05) is 17.7 Å². The van der Waals surface area contributed by atoms with E-state index in [1.54, 1.807) is 24.3 Å². The van der Waals surface area contributed by atoms with Crippen LogP contribution in [0, 0.1) is 18.3 Å². The second-order valence-corrected chi connectivity index (χ2v) is 5.24. The highest BCUT2D eigenvalue weighted by molar-refractivity contribution is 5.94. The van der Waals surface area contributed by atoms with Crippen LogP contribution in [-0.2, 0) is 11.3 Å². The molecule has 0 radical (unpaired) electrons. The van der Waals surface area contributed by atoms with Crippen molar-refractivity contribution in [3.05, 3.63) is 64.7 Å². The Morgan fingerprint density at radius 1 is 1.25 bits per heavy atom. The smallest absolute Gasteiger partial charge is 0.255 e. The van der Waals surface area contributed by atoms with Gasteiger partial charge in [-0.3, -0.25) is 9.59 Å². The van der Waals surface area contributed by atoms with Crippen molar-refractivity contribution in [3.63, 3.8) is 0 Å². The summed E-state index contributed by atoms with van der Waals surface area (Å²) in [5, 5.41) is 11.7. The normalized spacial score (nSPS) is 9.83. The number of rotatable bonds is 6. The Bertz CT molecular complexity index is 809. The Kier molecular flexibility index (Phi) is 5.53. The minimum atomic E-state index is -0.618. The van der Waals surface area contributed by atoms with Gasteiger partial charge in [0.15, 0.2) is 6.61 Å². The van der Waals surface area contributed by atoms with Crippen LogP contribution in [0.5, 0.6) is 5.75 Å². The number of nitrogens with two attached hydrogens (primary N) is 1. The molecule has 0 aliphatic carbocycles. The van der Waals surface area contributed by atoms with E-state index >= 15 is 0 Å². The van der Waals surface area contributed by atoms with Gasteiger partial charge in [0.2, 0.25) is 0 Å². The highest BCUT2D eigenvalue weighted by Gasteiger charge is 2.10. The summed E-state index contributed by atoms with van der Waals surface area (Å²) in [6.07, 6.45) is 0. The van der Waals surface area contributed by atoms with Gasteiger partial charge in [0.05, 0.1) is 11.6 Å². The quantitative estimate of drug-likeness (QED) is 0.843. The average molecular weight is 323 g/mol. The van der Waals surface area contributed by atoms with Gasteiger partial charge < -0.3 is 15.8 Å². The maximum absolute atomic E-state index is 12.2. The molecule has 0 atom stereocenters. The molecule has 0 spiro atoms. The van der Waals surface area contributed by atoms with Gasteiger partial charge >= 0.3 is 0 Å². The minimum absolute atomic E-state index is 0.201. The van der Waals surface area contributed by atoms with Gasteiger partial charge in [0.25, 0.3) is 11.8 Å². The van der Waals surface area contributed by atoms with E-state index in [4.69, 9.17) is 15.7 Å². The zero-order chi connectivity index (χ0) is 17.5. The fourth-order valence-electron chi connectivity index (χ4n) is 2.12. The summed E-state index contributed by atoms with van der Waals surface area (Å²) < 4.78 is 5.32. The molecule has 0 aromatic heterocycles. The Morgan fingerprint density at radius 3 is 2.71 bits per heavy atom. The molecule has 24 heavy (non-hydrogen) atoms. The first-order valence-corrected chi connectivity index (χ1v) is 7.28. The van der Waals surface area contributed by atoms with Crippen LogP contribution < -0.4 is 15.8 Å². The summed E-state index contributed by atoms with van der Waals surface area (Å²) in [7, 11) is 0. The molecule has 0 aliphatic heterocycles. The Labute approximate surface area is 139 Å². The molecular weight excluding hydrogens is 306 g/mol. The molecule has 0 heterocycles. The summed E-state index contributed by atoms with van der Waals surface area (Å²) in [5.74, 6) is -0.492. The second kappa shape index (κ2) is 7.79. The predicted molar refractivity (Wildman–Crippen MR) is 88.2 cm³/mol. The molecule has 0 unspecified atom stereocenters. The number of nitriles is 1. The van der Waals surface area contributed by atoms with Gasteiger partial charge in [-0.2, -0.15) is 5.26 Å². The molecule has 2 amide bonds. The van der Waals surface area contributed by atoms with Crippen LogP contribution in [0.4, 0.5) is 0 Å². The Morgan fingerprint density at radius 2 is 2.04 bits per heavy atom. The summed E-state index contributed by atoms with van der Waals surface area (Å²) >= 11 is 0. The third kappa shape index (κ3) is 4.58. The summed E-state index contributed by atoms with van der Waals surface area (Å²) in [6, 6.07) is 14.0. The number of benzene rings is 2. The number of primary amides is 1. The zero-order valence-electron chi connectivity index (χ0n) is 13.2. The van der Waals surface area contributed by atoms with Crippen LogP contribution in [0.1, 0.15) is 27.0 Å². The van der Waals surface area contributed by atoms with Crippen LogP contribution in [-0.4, -0.2) is 18.4 Å². The average Bonchev–Trinajstić information content (AvgIpc) is 2.58. The van der Waals surface area contributed by atoms with E-state index in [9.17, 15) is 9.59 Å². The molecule has 0 bridgehead atoms. The van der Waals surface area contributed by atoms with Crippen molar-refractivity contribution in [2.45, 2.75) is 13.5 Å². The van der Waals surface area contributed by atoms with Gasteiger partial charge in [-0.05, 0) is 31.2 Å². The highest BCUT2D eigenvalue weighted by atomic mass is 16.5. The van der Waals surface area contributed by atoms with Crippen molar-refractivity contribution in [2.24, 2.45) is 5.73 Å². The molecule has 0 fully saturated rings. The fourth-order valence-corrected chi connectivity index (χ4v) is 2.12. The van der Waals surface area contributed by atoms with E-state index in [2.05, 4.69) is 5.32 Å². The number of ether oxygens (including phenoxy) is 1. The van der Waals surface area contributed by atoms with Gasteiger partial charge in [-0.15, -0.1) is 0 Å². The lowest BCUT2D eigenvalue weighted by Crippen LogP contribution is -2.24. The van der Waals surface area contributed by atoms with E-state index < -0.39 is 5.91 Å². The first kappa shape index (κ1) is 17.0. The van der Waals surface area contributed by atoms with Gasteiger partial charge in [-0.25, -0.2) is 0 Å². The van der Waals surface area contributed by atoms with E-state index in [0.717, 1.165) is 5.56 Å². The molecule has 2 rings (SSSR count). The zero-order valence-corrected chi connectivity index (χ0v) is 13.2. The second-order valence-electron chi connectivity index (χ2n) is 5.24. The molecule has 0 saturated heterocycles. The predicted octanol–water partition coefficient (Wildman–Crippen LogP) is 1.66. The lowest BCUT2D eigenvalue weighted by atomic mass is 10.1. The summed E-state index contributed by atoms with van der Waals surface area (Å²) in [6.45, 7) is 1.81. The van der Waals surface area contributed by atoms with E-state index in [1.165, 1.54) is 6.07 Å². The molecule has 0 aliphatic rings. The fraction of sp³-hybridized carbons (Fsp3) is 0.167. The first-order valence-electron chi connectivity index (χ1n) is 7.28. The van der Waals surface area contributed by atoms with Gasteiger partial charge in [-0.1, -0.05) is 23.8 Å². The van der Waals surface area contributed by atoms with Crippen molar-refractivity contribution in [2.75, 3.05) is 6.61 Å². The third-order valence-corrected chi connectivity index (χ3v) is 3.29. The number of amides is 2. The van der Waals surface area contributed by atoms with Crippen LogP contribution >= 0.6 is 0 Å². The number of hydrogen-bond acceptors (Lipinski definition) is 4. The number of aryl methyl sites for hydroxylation is 1. The molecular formula is C18H17N3O3. The molecule has 6 heteroatoms. The molecule has 2 aromatic rings. The first-order chi connectivity index (χ1) is 11.5. The number of carbonyl (C=O) groups is 2. The van der Waals surface area contributed by atoms with Crippen LogP contribution in [0.25, 0.3) is 0 Å². The molecule has 0 saturated carbocycles.